The van der Waals surface area contributed by atoms with E-state index in [0.717, 1.165) is 18.7 Å². The number of halogens is 1. The van der Waals surface area contributed by atoms with Crippen LogP contribution in [0.15, 0.2) is 18.3 Å². The predicted molar refractivity (Wildman–Crippen MR) is 73.7 cm³/mol. The van der Waals surface area contributed by atoms with Gasteiger partial charge in [0, 0.05) is 24.8 Å². The SMILES string of the molecule is CCC1(CNC(=O)c2ccnc(CN)c2)CC1.Cl. The van der Waals surface area contributed by atoms with E-state index in [2.05, 4.69) is 17.2 Å². The molecule has 0 unspecified atom stereocenters. The van der Waals surface area contributed by atoms with Crippen molar-refractivity contribution >= 4 is 18.3 Å². The lowest BCUT2D eigenvalue weighted by molar-refractivity contribution is 0.0944. The van der Waals surface area contributed by atoms with Crippen LogP contribution in [0.5, 0.6) is 0 Å². The van der Waals surface area contributed by atoms with Crippen LogP contribution in [0.3, 0.4) is 0 Å². The minimum Gasteiger partial charge on any atom is -0.351 e. The summed E-state index contributed by atoms with van der Waals surface area (Å²) >= 11 is 0. The van der Waals surface area contributed by atoms with Gasteiger partial charge in [0.1, 0.15) is 0 Å². The molecular weight excluding hydrogens is 250 g/mol. The maximum Gasteiger partial charge on any atom is 0.251 e. The van der Waals surface area contributed by atoms with E-state index in [1.54, 1.807) is 18.3 Å². The van der Waals surface area contributed by atoms with Gasteiger partial charge < -0.3 is 11.1 Å². The minimum atomic E-state index is -0.0261. The number of nitrogens with zero attached hydrogens (tertiary/aromatic N) is 1. The highest BCUT2D eigenvalue weighted by atomic mass is 35.5. The molecule has 0 bridgehead atoms. The lowest BCUT2D eigenvalue weighted by atomic mass is 10.0. The molecule has 4 nitrogen and oxygen atoms in total. The minimum absolute atomic E-state index is 0. The number of hydrogen-bond acceptors (Lipinski definition) is 3. The van der Waals surface area contributed by atoms with Crippen molar-refractivity contribution in [2.24, 2.45) is 11.1 Å². The van der Waals surface area contributed by atoms with Gasteiger partial charge in [-0.05, 0) is 36.8 Å². The highest BCUT2D eigenvalue weighted by Crippen LogP contribution is 2.47. The molecule has 1 aromatic rings. The van der Waals surface area contributed by atoms with Crippen LogP contribution in [-0.2, 0) is 6.54 Å². The molecule has 18 heavy (non-hydrogen) atoms. The van der Waals surface area contributed by atoms with Crippen LogP contribution in [0.1, 0.15) is 42.2 Å². The number of aromatic nitrogens is 1. The first kappa shape index (κ1) is 14.9. The average molecular weight is 270 g/mol. The van der Waals surface area contributed by atoms with Gasteiger partial charge in [0.2, 0.25) is 0 Å². The molecule has 1 amide bonds. The molecule has 1 heterocycles. The third-order valence-electron chi connectivity index (χ3n) is 3.62. The van der Waals surface area contributed by atoms with Crippen molar-refractivity contribution in [3.63, 3.8) is 0 Å². The molecule has 100 valence electrons. The lowest BCUT2D eigenvalue weighted by Crippen LogP contribution is -2.30. The Morgan fingerprint density at radius 2 is 2.28 bits per heavy atom. The van der Waals surface area contributed by atoms with E-state index >= 15 is 0 Å². The van der Waals surface area contributed by atoms with Gasteiger partial charge in [-0.25, -0.2) is 0 Å². The molecule has 1 fully saturated rings. The number of rotatable bonds is 5. The van der Waals surface area contributed by atoms with Crippen LogP contribution in [0.2, 0.25) is 0 Å². The number of pyridine rings is 1. The zero-order valence-electron chi connectivity index (χ0n) is 10.6. The van der Waals surface area contributed by atoms with Crippen molar-refractivity contribution in [3.8, 4) is 0 Å². The Hall–Kier alpha value is -1.13. The molecule has 1 aliphatic rings. The second-order valence-electron chi connectivity index (χ2n) is 4.78. The van der Waals surface area contributed by atoms with Crippen LogP contribution in [0.4, 0.5) is 0 Å². The summed E-state index contributed by atoms with van der Waals surface area (Å²) in [6.07, 6.45) is 5.23. The summed E-state index contributed by atoms with van der Waals surface area (Å²) < 4.78 is 0. The van der Waals surface area contributed by atoms with Crippen molar-refractivity contribution in [2.75, 3.05) is 6.54 Å². The normalized spacial score (nSPS) is 15.7. The summed E-state index contributed by atoms with van der Waals surface area (Å²) in [5.74, 6) is -0.0261. The highest BCUT2D eigenvalue weighted by Gasteiger charge is 2.40. The maximum atomic E-state index is 11.9. The molecule has 1 aliphatic carbocycles. The van der Waals surface area contributed by atoms with Crippen molar-refractivity contribution in [3.05, 3.63) is 29.6 Å². The Bertz CT molecular complexity index is 418. The number of carbonyl (C=O) groups is 1. The largest absolute Gasteiger partial charge is 0.351 e. The molecule has 3 N–H and O–H groups in total. The Balaban J connectivity index is 0.00000162. The topological polar surface area (TPSA) is 68.0 Å². The number of amides is 1. The monoisotopic (exact) mass is 269 g/mol. The fraction of sp³-hybridized carbons (Fsp3) is 0.538. The second-order valence-corrected chi connectivity index (χ2v) is 4.78. The fourth-order valence-corrected chi connectivity index (χ4v) is 1.93. The van der Waals surface area contributed by atoms with Crippen LogP contribution < -0.4 is 11.1 Å². The first-order valence-corrected chi connectivity index (χ1v) is 6.12. The number of hydrogen-bond donors (Lipinski definition) is 2. The van der Waals surface area contributed by atoms with E-state index in [9.17, 15) is 4.79 Å². The van der Waals surface area contributed by atoms with Crippen LogP contribution >= 0.6 is 12.4 Å². The summed E-state index contributed by atoms with van der Waals surface area (Å²) in [5.41, 5.74) is 7.26. The van der Waals surface area contributed by atoms with E-state index < -0.39 is 0 Å². The Morgan fingerprint density at radius 1 is 1.56 bits per heavy atom. The average Bonchev–Trinajstić information content (AvgIpc) is 3.17. The van der Waals surface area contributed by atoms with Gasteiger partial charge in [0.15, 0.2) is 0 Å². The maximum absolute atomic E-state index is 11.9. The van der Waals surface area contributed by atoms with Gasteiger partial charge in [-0.1, -0.05) is 6.92 Å². The Labute approximate surface area is 114 Å². The van der Waals surface area contributed by atoms with Crippen molar-refractivity contribution in [1.82, 2.24) is 10.3 Å². The summed E-state index contributed by atoms with van der Waals surface area (Å²) in [6, 6.07) is 3.47. The standard InChI is InChI=1S/C13H19N3O.ClH/c1-2-13(4-5-13)9-16-12(17)10-3-6-15-11(7-10)8-14;/h3,6-7H,2,4-5,8-9,14H2,1H3,(H,16,17);1H. The van der Waals surface area contributed by atoms with Gasteiger partial charge in [-0.2, -0.15) is 0 Å². The van der Waals surface area contributed by atoms with E-state index in [1.165, 1.54) is 12.8 Å². The fourth-order valence-electron chi connectivity index (χ4n) is 1.93. The number of nitrogens with two attached hydrogens (primary N) is 1. The quantitative estimate of drug-likeness (QED) is 0.858. The van der Waals surface area contributed by atoms with Crippen LogP contribution in [-0.4, -0.2) is 17.4 Å². The lowest BCUT2D eigenvalue weighted by Gasteiger charge is -2.13. The molecule has 0 radical (unpaired) electrons. The van der Waals surface area contributed by atoms with Crippen molar-refractivity contribution in [1.29, 1.82) is 0 Å². The Kier molecular flexibility index (Phi) is 5.11. The molecule has 0 aromatic carbocycles. The highest BCUT2D eigenvalue weighted by molar-refractivity contribution is 5.94. The summed E-state index contributed by atoms with van der Waals surface area (Å²) in [7, 11) is 0. The van der Waals surface area contributed by atoms with E-state index in [-0.39, 0.29) is 18.3 Å². The number of nitrogens with one attached hydrogen (secondary N) is 1. The Morgan fingerprint density at radius 3 is 2.83 bits per heavy atom. The van der Waals surface area contributed by atoms with Gasteiger partial charge in [0.05, 0.1) is 5.69 Å². The molecular formula is C13H20ClN3O. The first-order chi connectivity index (χ1) is 8.19. The molecule has 0 atom stereocenters. The first-order valence-electron chi connectivity index (χ1n) is 6.12. The summed E-state index contributed by atoms with van der Waals surface area (Å²) in [5, 5.41) is 3.00. The second kappa shape index (κ2) is 6.16. The van der Waals surface area contributed by atoms with Crippen molar-refractivity contribution < 1.29 is 4.79 Å². The van der Waals surface area contributed by atoms with Gasteiger partial charge in [-0.15, -0.1) is 12.4 Å². The van der Waals surface area contributed by atoms with Crippen LogP contribution in [0, 0.1) is 5.41 Å². The smallest absolute Gasteiger partial charge is 0.251 e. The molecule has 2 rings (SSSR count). The zero-order valence-corrected chi connectivity index (χ0v) is 11.4. The van der Waals surface area contributed by atoms with E-state index in [0.29, 0.717) is 17.5 Å². The zero-order chi connectivity index (χ0) is 12.3. The van der Waals surface area contributed by atoms with E-state index in [4.69, 9.17) is 5.73 Å². The molecule has 1 saturated carbocycles. The van der Waals surface area contributed by atoms with Gasteiger partial charge in [0.25, 0.3) is 5.91 Å². The molecule has 0 aliphatic heterocycles. The third-order valence-corrected chi connectivity index (χ3v) is 3.62. The molecule has 5 heteroatoms. The predicted octanol–water partition coefficient (Wildman–Crippen LogP) is 1.88. The van der Waals surface area contributed by atoms with E-state index in [1.807, 2.05) is 0 Å². The summed E-state index contributed by atoms with van der Waals surface area (Å²) in [4.78, 5) is 16.0. The summed E-state index contributed by atoms with van der Waals surface area (Å²) in [6.45, 7) is 3.32. The molecule has 1 aromatic heterocycles. The van der Waals surface area contributed by atoms with Crippen LogP contribution in [0.25, 0.3) is 0 Å². The van der Waals surface area contributed by atoms with Gasteiger partial charge in [-0.3, -0.25) is 9.78 Å². The third kappa shape index (κ3) is 3.43. The molecule has 0 spiro atoms. The molecule has 0 saturated heterocycles. The number of carbonyl (C=O) groups excluding carboxylic acids is 1. The van der Waals surface area contributed by atoms with Gasteiger partial charge >= 0.3 is 0 Å². The van der Waals surface area contributed by atoms with Crippen molar-refractivity contribution in [2.45, 2.75) is 32.7 Å².